The summed E-state index contributed by atoms with van der Waals surface area (Å²) in [5.41, 5.74) is 0.228. The molecule has 2 saturated heterocycles. The van der Waals surface area contributed by atoms with Gasteiger partial charge in [0.25, 0.3) is 0 Å². The minimum atomic E-state index is -4.78. The van der Waals surface area contributed by atoms with Crippen LogP contribution >= 0.6 is 11.6 Å². The maximum Gasteiger partial charge on any atom is 0.418 e. The molecule has 2 fully saturated rings. The lowest BCUT2D eigenvalue weighted by atomic mass is 9.83. The number of hydrogen-bond donors (Lipinski definition) is 0. The molecule has 0 aliphatic carbocycles. The topological polar surface area (TPSA) is 57.7 Å². The molecule has 37 heavy (non-hydrogen) atoms. The molecule has 4 atom stereocenters. The second-order valence-electron chi connectivity index (χ2n) is 9.23. The Labute approximate surface area is 214 Å². The number of alkyl halides is 3. The van der Waals surface area contributed by atoms with Gasteiger partial charge < -0.3 is 4.90 Å². The Morgan fingerprint density at radius 1 is 0.838 bits per heavy atom. The molecule has 3 aromatic carbocycles. The van der Waals surface area contributed by atoms with E-state index >= 15 is 0 Å². The predicted octanol–water partition coefficient (Wildman–Crippen LogP) is 5.76. The molecule has 9 heteroatoms. The first-order valence-corrected chi connectivity index (χ1v) is 11.9. The number of rotatable bonds is 3. The Bertz CT molecular complexity index is 1480. The van der Waals surface area contributed by atoms with Gasteiger partial charge in [0, 0.05) is 16.8 Å². The number of amides is 2. The maximum atomic E-state index is 13.8. The second-order valence-corrected chi connectivity index (χ2v) is 9.67. The van der Waals surface area contributed by atoms with Crippen LogP contribution in [0.25, 0.3) is 6.08 Å². The van der Waals surface area contributed by atoms with E-state index in [2.05, 4.69) is 0 Å². The largest absolute Gasteiger partial charge is 0.418 e. The molecular weight excluding hydrogens is 505 g/mol. The molecule has 0 aromatic heterocycles. The third kappa shape index (κ3) is 3.50. The Hall–Kier alpha value is -3.91. The number of anilines is 1. The number of carbonyl (C=O) groups excluding carboxylic acids is 3. The van der Waals surface area contributed by atoms with Gasteiger partial charge in [0.2, 0.25) is 11.8 Å². The van der Waals surface area contributed by atoms with E-state index in [1.54, 1.807) is 35.4 Å². The summed E-state index contributed by atoms with van der Waals surface area (Å²) < 4.78 is 41.5. The van der Waals surface area contributed by atoms with Gasteiger partial charge in [-0.15, -0.1) is 0 Å². The number of nitrogens with zero attached hydrogens (tertiary/aromatic N) is 2. The summed E-state index contributed by atoms with van der Waals surface area (Å²) in [6.45, 7) is 0. The number of benzene rings is 3. The molecule has 3 heterocycles. The average molecular weight is 523 g/mol. The number of Topliss-reactive ketones (excluding diaryl/α,β-unsaturated/α-hetero) is 1. The van der Waals surface area contributed by atoms with Crippen LogP contribution in [-0.4, -0.2) is 28.5 Å². The van der Waals surface area contributed by atoms with Crippen LogP contribution in [0.2, 0.25) is 5.02 Å². The van der Waals surface area contributed by atoms with Crippen LogP contribution in [0, 0.1) is 11.8 Å². The maximum absolute atomic E-state index is 13.8. The first kappa shape index (κ1) is 23.5. The van der Waals surface area contributed by atoms with Gasteiger partial charge in [-0.25, -0.2) is 4.90 Å². The van der Waals surface area contributed by atoms with Gasteiger partial charge in [0.1, 0.15) is 6.04 Å². The number of carbonyl (C=O) groups is 3. The minimum absolute atomic E-state index is 0.287. The normalized spacial score (nSPS) is 24.2. The lowest BCUT2D eigenvalue weighted by Gasteiger charge is -2.35. The van der Waals surface area contributed by atoms with Crippen LogP contribution in [0.1, 0.15) is 33.1 Å². The molecule has 3 aromatic rings. The van der Waals surface area contributed by atoms with Crippen LogP contribution in [0.3, 0.4) is 0 Å². The van der Waals surface area contributed by atoms with Crippen molar-refractivity contribution in [2.45, 2.75) is 18.3 Å². The van der Waals surface area contributed by atoms with Crippen LogP contribution in [0.4, 0.5) is 18.9 Å². The molecule has 0 saturated carbocycles. The predicted molar refractivity (Wildman–Crippen MR) is 131 cm³/mol. The van der Waals surface area contributed by atoms with E-state index in [9.17, 15) is 27.6 Å². The quantitative estimate of drug-likeness (QED) is 0.324. The second kappa shape index (κ2) is 8.31. The molecule has 0 spiro atoms. The van der Waals surface area contributed by atoms with Crippen LogP contribution in [0.5, 0.6) is 0 Å². The van der Waals surface area contributed by atoms with Gasteiger partial charge >= 0.3 is 6.18 Å². The van der Waals surface area contributed by atoms with E-state index in [1.807, 2.05) is 18.2 Å². The first-order valence-electron chi connectivity index (χ1n) is 11.6. The number of para-hydroxylation sites is 1. The highest BCUT2D eigenvalue weighted by Gasteiger charge is 2.65. The van der Waals surface area contributed by atoms with Crippen molar-refractivity contribution in [3.63, 3.8) is 0 Å². The van der Waals surface area contributed by atoms with Gasteiger partial charge in [-0.1, -0.05) is 48.0 Å². The van der Waals surface area contributed by atoms with Crippen molar-refractivity contribution < 1.29 is 27.6 Å². The van der Waals surface area contributed by atoms with Crippen molar-refractivity contribution in [2.24, 2.45) is 11.8 Å². The Morgan fingerprint density at radius 2 is 1.49 bits per heavy atom. The molecule has 5 nitrogen and oxygen atoms in total. The van der Waals surface area contributed by atoms with E-state index < -0.39 is 58.9 Å². The van der Waals surface area contributed by atoms with E-state index in [1.165, 1.54) is 24.3 Å². The molecule has 3 aliphatic heterocycles. The highest BCUT2D eigenvalue weighted by Crippen LogP contribution is 2.54. The Balaban J connectivity index is 1.51. The molecule has 3 aliphatic rings. The fraction of sp³-hybridized carbons (Fsp3) is 0.179. The third-order valence-electron chi connectivity index (χ3n) is 7.31. The van der Waals surface area contributed by atoms with Gasteiger partial charge in [0.05, 0.1) is 29.1 Å². The summed E-state index contributed by atoms with van der Waals surface area (Å²) in [7, 11) is 0. The van der Waals surface area contributed by atoms with Crippen molar-refractivity contribution in [3.05, 3.63) is 106 Å². The van der Waals surface area contributed by atoms with E-state index in [0.29, 0.717) is 9.92 Å². The minimum Gasteiger partial charge on any atom is -0.358 e. The van der Waals surface area contributed by atoms with Crippen molar-refractivity contribution >= 4 is 41.0 Å². The molecule has 186 valence electrons. The number of halogens is 4. The number of imide groups is 1. The Morgan fingerprint density at radius 3 is 2.22 bits per heavy atom. The van der Waals surface area contributed by atoms with E-state index in [-0.39, 0.29) is 5.56 Å². The molecule has 0 unspecified atom stereocenters. The highest BCUT2D eigenvalue weighted by molar-refractivity contribution is 6.30. The van der Waals surface area contributed by atoms with E-state index in [0.717, 1.165) is 23.3 Å². The molecule has 0 bridgehead atoms. The fourth-order valence-corrected chi connectivity index (χ4v) is 5.91. The smallest absolute Gasteiger partial charge is 0.358 e. The monoisotopic (exact) mass is 522 g/mol. The Kier molecular flexibility index (Phi) is 5.28. The average Bonchev–Trinajstić information content (AvgIpc) is 3.36. The lowest BCUT2D eigenvalue weighted by molar-refractivity contribution is -0.137. The zero-order valence-electron chi connectivity index (χ0n) is 19.0. The molecule has 2 amide bonds. The van der Waals surface area contributed by atoms with Gasteiger partial charge in [0.15, 0.2) is 5.78 Å². The molecular formula is C28H18ClF3N2O3. The summed E-state index contributed by atoms with van der Waals surface area (Å²) in [4.78, 5) is 43.8. The zero-order valence-corrected chi connectivity index (χ0v) is 19.8. The zero-order chi connectivity index (χ0) is 26.1. The standard InChI is InChI=1S/C28H18ClF3N2O3/c29-17-11-9-16(10-12-17)25(35)24-22-21(23-18-6-2-1-5-15(18)13-14-33(23)24)26(36)34(27(22)37)20-8-4-3-7-19(20)28(30,31)32/h1-14,21-24H/t21-,22+,23+,24-/m0/s1. The fourth-order valence-electron chi connectivity index (χ4n) is 5.79. The summed E-state index contributed by atoms with van der Waals surface area (Å²) in [6.07, 6.45) is -1.28. The highest BCUT2D eigenvalue weighted by atomic mass is 35.5. The summed E-state index contributed by atoms with van der Waals surface area (Å²) in [5, 5.41) is 0.424. The third-order valence-corrected chi connectivity index (χ3v) is 7.56. The van der Waals surface area contributed by atoms with Gasteiger partial charge in [-0.05, 0) is 53.6 Å². The van der Waals surface area contributed by atoms with Crippen molar-refractivity contribution in [3.8, 4) is 0 Å². The molecule has 6 rings (SSSR count). The summed E-state index contributed by atoms with van der Waals surface area (Å²) in [5.74, 6) is -4.19. The first-order chi connectivity index (χ1) is 17.7. The van der Waals surface area contributed by atoms with Crippen molar-refractivity contribution in [2.75, 3.05) is 4.90 Å². The van der Waals surface area contributed by atoms with Crippen molar-refractivity contribution in [1.82, 2.24) is 4.90 Å². The van der Waals surface area contributed by atoms with Crippen LogP contribution in [-0.2, 0) is 15.8 Å². The van der Waals surface area contributed by atoms with Crippen molar-refractivity contribution in [1.29, 1.82) is 0 Å². The summed E-state index contributed by atoms with van der Waals surface area (Å²) >= 11 is 5.98. The summed E-state index contributed by atoms with van der Waals surface area (Å²) in [6, 6.07) is 16.2. The van der Waals surface area contributed by atoms with Crippen LogP contribution < -0.4 is 4.90 Å². The van der Waals surface area contributed by atoms with Gasteiger partial charge in [-0.3, -0.25) is 14.4 Å². The number of ketones is 1. The lowest BCUT2D eigenvalue weighted by Crippen LogP contribution is -2.44. The van der Waals surface area contributed by atoms with E-state index in [4.69, 9.17) is 11.6 Å². The SMILES string of the molecule is O=C(c1ccc(Cl)cc1)[C@@H]1[C@@H]2C(=O)N(c3ccccc3C(F)(F)F)C(=O)[C@@H]2[C@H]2c3ccccc3C=CN12. The molecule has 0 N–H and O–H groups in total. The number of hydrogen-bond acceptors (Lipinski definition) is 4. The number of fused-ring (bicyclic) bond motifs is 5. The van der Waals surface area contributed by atoms with Gasteiger partial charge in [-0.2, -0.15) is 13.2 Å². The molecule has 0 radical (unpaired) electrons. The van der Waals surface area contributed by atoms with Crippen LogP contribution in [0.15, 0.2) is 79.0 Å².